The van der Waals surface area contributed by atoms with E-state index in [1.165, 1.54) is 14.7 Å². The van der Waals surface area contributed by atoms with E-state index in [1.807, 2.05) is 18.2 Å². The summed E-state index contributed by atoms with van der Waals surface area (Å²) < 4.78 is 3.15. The molecule has 0 saturated heterocycles. The Morgan fingerprint density at radius 3 is 2.76 bits per heavy atom. The van der Waals surface area contributed by atoms with Crippen molar-refractivity contribution in [2.45, 2.75) is 12.5 Å². The molecule has 2 heterocycles. The minimum absolute atomic E-state index is 0.0719. The van der Waals surface area contributed by atoms with Crippen LogP contribution in [0.4, 0.5) is 0 Å². The first-order valence-electron chi connectivity index (χ1n) is 6.82. The van der Waals surface area contributed by atoms with Crippen LogP contribution in [0, 0.1) is 4.77 Å². The molecule has 0 fully saturated rings. The quantitative estimate of drug-likeness (QED) is 0.782. The number of hydrogen-bond donors (Lipinski definition) is 2. The van der Waals surface area contributed by atoms with Gasteiger partial charge in [-0.3, -0.25) is 13.9 Å². The van der Waals surface area contributed by atoms with Crippen LogP contribution in [0.1, 0.15) is 22.7 Å². The number of rotatable bonds is 1. The summed E-state index contributed by atoms with van der Waals surface area (Å²) in [6.07, 6.45) is 0.916. The minimum Gasteiger partial charge on any atom is -0.494 e. The summed E-state index contributed by atoms with van der Waals surface area (Å²) in [5, 5.41) is 13.7. The molecule has 2 aromatic rings. The molecule has 2 N–H and O–H groups in total. The zero-order valence-corrected chi connectivity index (χ0v) is 12.8. The van der Waals surface area contributed by atoms with Gasteiger partial charge in [0.1, 0.15) is 0 Å². The third-order valence-electron chi connectivity index (χ3n) is 4.07. The Hall–Kier alpha value is -1.92. The zero-order chi connectivity index (χ0) is 15.1. The SMILES string of the molecule is Cn1c(O)c([C@@H]2NCCc3ccccc32)c(=O)n(C)c1=S. The van der Waals surface area contributed by atoms with Gasteiger partial charge in [0.25, 0.3) is 5.56 Å². The lowest BCUT2D eigenvalue weighted by Crippen LogP contribution is -2.37. The molecule has 0 radical (unpaired) electrons. The van der Waals surface area contributed by atoms with Gasteiger partial charge in [-0.2, -0.15) is 0 Å². The van der Waals surface area contributed by atoms with E-state index < -0.39 is 0 Å². The number of fused-ring (bicyclic) bond motifs is 1. The second-order valence-electron chi connectivity index (χ2n) is 5.28. The van der Waals surface area contributed by atoms with Gasteiger partial charge < -0.3 is 10.4 Å². The number of aromatic nitrogens is 2. The third-order valence-corrected chi connectivity index (χ3v) is 4.61. The fraction of sp³-hybridized carbons (Fsp3) is 0.333. The fourth-order valence-electron chi connectivity index (χ4n) is 2.87. The first-order chi connectivity index (χ1) is 10.0. The molecule has 0 amide bonds. The van der Waals surface area contributed by atoms with Gasteiger partial charge in [-0.15, -0.1) is 0 Å². The third kappa shape index (κ3) is 2.11. The number of hydrogen-bond acceptors (Lipinski definition) is 4. The molecule has 0 spiro atoms. The summed E-state index contributed by atoms with van der Waals surface area (Å²) in [4.78, 5) is 12.6. The zero-order valence-electron chi connectivity index (χ0n) is 12.0. The Morgan fingerprint density at radius 2 is 2.00 bits per heavy atom. The van der Waals surface area contributed by atoms with E-state index in [0.717, 1.165) is 18.5 Å². The number of nitrogens with one attached hydrogen (secondary N) is 1. The number of aromatic hydroxyl groups is 1. The highest BCUT2D eigenvalue weighted by molar-refractivity contribution is 7.71. The Labute approximate surface area is 127 Å². The maximum absolute atomic E-state index is 12.6. The van der Waals surface area contributed by atoms with Crippen molar-refractivity contribution in [2.24, 2.45) is 14.1 Å². The summed E-state index contributed by atoms with van der Waals surface area (Å²) in [6.45, 7) is 0.767. The topological polar surface area (TPSA) is 59.2 Å². The molecule has 1 atom stereocenters. The van der Waals surface area contributed by atoms with E-state index in [4.69, 9.17) is 12.2 Å². The van der Waals surface area contributed by atoms with Crippen LogP contribution in [0.25, 0.3) is 0 Å². The maximum atomic E-state index is 12.6. The molecule has 0 saturated carbocycles. The van der Waals surface area contributed by atoms with Crippen molar-refractivity contribution in [1.82, 2.24) is 14.5 Å². The smallest absolute Gasteiger partial charge is 0.263 e. The van der Waals surface area contributed by atoms with Crippen molar-refractivity contribution in [2.75, 3.05) is 6.54 Å². The van der Waals surface area contributed by atoms with Crippen LogP contribution in [-0.4, -0.2) is 20.8 Å². The van der Waals surface area contributed by atoms with Gasteiger partial charge in [0.15, 0.2) is 4.77 Å². The highest BCUT2D eigenvalue weighted by Crippen LogP contribution is 2.31. The highest BCUT2D eigenvalue weighted by Gasteiger charge is 2.27. The molecule has 1 aliphatic rings. The molecule has 0 unspecified atom stereocenters. The van der Waals surface area contributed by atoms with Crippen LogP contribution >= 0.6 is 12.2 Å². The lowest BCUT2D eigenvalue weighted by molar-refractivity contribution is 0.395. The van der Waals surface area contributed by atoms with E-state index in [9.17, 15) is 9.90 Å². The average Bonchev–Trinajstić information content (AvgIpc) is 2.51. The Morgan fingerprint density at radius 1 is 1.29 bits per heavy atom. The summed E-state index contributed by atoms with van der Waals surface area (Å²) in [6, 6.07) is 7.68. The van der Waals surface area contributed by atoms with Crippen LogP contribution in [-0.2, 0) is 20.5 Å². The second kappa shape index (κ2) is 5.13. The van der Waals surface area contributed by atoms with Gasteiger partial charge in [-0.05, 0) is 29.8 Å². The normalized spacial score (nSPS) is 17.5. The second-order valence-corrected chi connectivity index (χ2v) is 5.64. The largest absolute Gasteiger partial charge is 0.494 e. The molecular formula is C15H17N3O2S. The van der Waals surface area contributed by atoms with E-state index in [1.54, 1.807) is 14.1 Å². The molecule has 1 aromatic heterocycles. The Balaban J connectivity index is 2.29. The number of nitrogens with zero attached hydrogens (tertiary/aromatic N) is 2. The summed E-state index contributed by atoms with van der Waals surface area (Å²) in [5.74, 6) is -0.0719. The van der Waals surface area contributed by atoms with Crippen LogP contribution in [0.15, 0.2) is 29.1 Å². The van der Waals surface area contributed by atoms with Gasteiger partial charge in [-0.1, -0.05) is 24.3 Å². The molecule has 3 rings (SSSR count). The van der Waals surface area contributed by atoms with Crippen LogP contribution < -0.4 is 10.9 Å². The predicted molar refractivity (Wildman–Crippen MR) is 83.1 cm³/mol. The van der Waals surface area contributed by atoms with Crippen LogP contribution in [0.2, 0.25) is 0 Å². The predicted octanol–water partition coefficient (Wildman–Crippen LogP) is 1.39. The standard InChI is InChI=1S/C15H17N3O2S/c1-17-13(19)11(14(20)18(2)15(17)21)12-10-6-4-3-5-9(10)7-8-16-12/h3-6,12,16,19H,7-8H2,1-2H3/t12-/m1/s1. The molecular weight excluding hydrogens is 286 g/mol. The van der Waals surface area contributed by atoms with Crippen molar-refractivity contribution < 1.29 is 5.11 Å². The number of benzene rings is 1. The Kier molecular flexibility index (Phi) is 3.43. The van der Waals surface area contributed by atoms with Crippen LogP contribution in [0.5, 0.6) is 5.88 Å². The summed E-state index contributed by atoms with van der Waals surface area (Å²) in [7, 11) is 3.29. The summed E-state index contributed by atoms with van der Waals surface area (Å²) >= 11 is 5.15. The highest BCUT2D eigenvalue weighted by atomic mass is 32.1. The van der Waals surface area contributed by atoms with E-state index in [0.29, 0.717) is 10.3 Å². The van der Waals surface area contributed by atoms with E-state index >= 15 is 0 Å². The molecule has 0 aliphatic carbocycles. The lowest BCUT2D eigenvalue weighted by atomic mass is 9.90. The Bertz CT molecular complexity index is 823. The molecule has 110 valence electrons. The molecule has 6 heteroatoms. The lowest BCUT2D eigenvalue weighted by Gasteiger charge is -2.28. The first kappa shape index (κ1) is 14.0. The van der Waals surface area contributed by atoms with Crippen molar-refractivity contribution in [3.8, 4) is 5.88 Å². The fourth-order valence-corrected chi connectivity index (χ4v) is 3.04. The van der Waals surface area contributed by atoms with Gasteiger partial charge >= 0.3 is 0 Å². The molecule has 0 bridgehead atoms. The molecule has 5 nitrogen and oxygen atoms in total. The van der Waals surface area contributed by atoms with Gasteiger partial charge in [0.05, 0.1) is 11.6 Å². The van der Waals surface area contributed by atoms with Gasteiger partial charge in [0.2, 0.25) is 5.88 Å². The summed E-state index contributed by atoms with van der Waals surface area (Å²) in [5.41, 5.74) is 2.33. The van der Waals surface area contributed by atoms with Crippen molar-refractivity contribution in [1.29, 1.82) is 0 Å². The molecule has 1 aliphatic heterocycles. The maximum Gasteiger partial charge on any atom is 0.263 e. The van der Waals surface area contributed by atoms with E-state index in [2.05, 4.69) is 11.4 Å². The van der Waals surface area contributed by atoms with Crippen LogP contribution in [0.3, 0.4) is 0 Å². The van der Waals surface area contributed by atoms with Gasteiger partial charge in [-0.25, -0.2) is 0 Å². The molecule has 21 heavy (non-hydrogen) atoms. The van der Waals surface area contributed by atoms with Gasteiger partial charge in [0, 0.05) is 20.6 Å². The van der Waals surface area contributed by atoms with E-state index in [-0.39, 0.29) is 17.5 Å². The first-order valence-corrected chi connectivity index (χ1v) is 7.23. The minimum atomic E-state index is -0.310. The monoisotopic (exact) mass is 303 g/mol. The average molecular weight is 303 g/mol. The molecule has 1 aromatic carbocycles. The van der Waals surface area contributed by atoms with Crippen molar-refractivity contribution in [3.05, 3.63) is 56.1 Å². The van der Waals surface area contributed by atoms with Crippen molar-refractivity contribution in [3.63, 3.8) is 0 Å². The van der Waals surface area contributed by atoms with Crippen molar-refractivity contribution >= 4 is 12.2 Å².